The van der Waals surface area contributed by atoms with Crippen LogP contribution in [-0.4, -0.2) is 23.3 Å². The molecule has 0 radical (unpaired) electrons. The lowest BCUT2D eigenvalue weighted by molar-refractivity contribution is -0.152. The zero-order valence-corrected chi connectivity index (χ0v) is 9.19. The average molecular weight is 211 g/mol. The van der Waals surface area contributed by atoms with Gasteiger partial charge in [-0.15, -0.1) is 0 Å². The topological polar surface area (TPSA) is 70.3 Å². The molecule has 1 rings (SSSR count). The van der Waals surface area contributed by atoms with E-state index in [0.29, 0.717) is 25.9 Å². The van der Waals surface area contributed by atoms with Crippen LogP contribution in [0.15, 0.2) is 0 Å². The molecule has 0 bridgehead atoms. The SMILES string of the molecule is CCOC(=O)C1CCC(O)(C#N)CC1C. The molecule has 4 nitrogen and oxygen atoms in total. The molecule has 1 aliphatic carbocycles. The normalized spacial score (nSPS) is 35.6. The van der Waals surface area contributed by atoms with Crippen LogP contribution in [-0.2, 0) is 9.53 Å². The summed E-state index contributed by atoms with van der Waals surface area (Å²) in [5, 5.41) is 18.5. The number of carbonyl (C=O) groups excluding carboxylic acids is 1. The molecule has 4 heteroatoms. The average Bonchev–Trinajstić information content (AvgIpc) is 2.18. The molecule has 3 unspecified atom stereocenters. The van der Waals surface area contributed by atoms with Gasteiger partial charge in [-0.3, -0.25) is 4.79 Å². The van der Waals surface area contributed by atoms with E-state index in [-0.39, 0.29) is 17.8 Å². The molecule has 0 aromatic carbocycles. The number of nitrogens with zero attached hydrogens (tertiary/aromatic N) is 1. The molecule has 0 saturated heterocycles. The summed E-state index contributed by atoms with van der Waals surface area (Å²) in [4.78, 5) is 11.5. The third-order valence-electron chi connectivity index (χ3n) is 3.01. The number of esters is 1. The number of ether oxygens (including phenoxy) is 1. The highest BCUT2D eigenvalue weighted by atomic mass is 16.5. The van der Waals surface area contributed by atoms with Crippen LogP contribution >= 0.6 is 0 Å². The Hall–Kier alpha value is -1.08. The quantitative estimate of drug-likeness (QED) is 0.551. The van der Waals surface area contributed by atoms with E-state index in [1.54, 1.807) is 6.92 Å². The Labute approximate surface area is 89.8 Å². The van der Waals surface area contributed by atoms with Crippen molar-refractivity contribution >= 4 is 5.97 Å². The van der Waals surface area contributed by atoms with Crippen molar-refractivity contribution in [1.29, 1.82) is 5.26 Å². The van der Waals surface area contributed by atoms with Crippen LogP contribution in [0.3, 0.4) is 0 Å². The molecule has 0 heterocycles. The zero-order valence-electron chi connectivity index (χ0n) is 9.19. The van der Waals surface area contributed by atoms with Crippen molar-refractivity contribution < 1.29 is 14.6 Å². The van der Waals surface area contributed by atoms with Gasteiger partial charge in [-0.25, -0.2) is 0 Å². The lowest BCUT2D eigenvalue weighted by atomic mass is 9.73. The second kappa shape index (κ2) is 4.63. The van der Waals surface area contributed by atoms with E-state index in [1.165, 1.54) is 0 Å². The van der Waals surface area contributed by atoms with Gasteiger partial charge >= 0.3 is 5.97 Å². The summed E-state index contributed by atoms with van der Waals surface area (Å²) in [6, 6.07) is 1.91. The van der Waals surface area contributed by atoms with Gasteiger partial charge in [0.25, 0.3) is 0 Å². The van der Waals surface area contributed by atoms with E-state index in [0.717, 1.165) is 0 Å². The summed E-state index contributed by atoms with van der Waals surface area (Å²) >= 11 is 0. The fourth-order valence-corrected chi connectivity index (χ4v) is 2.16. The summed E-state index contributed by atoms with van der Waals surface area (Å²) in [5.74, 6) is -0.369. The van der Waals surface area contributed by atoms with E-state index in [4.69, 9.17) is 10.00 Å². The van der Waals surface area contributed by atoms with Gasteiger partial charge in [0.1, 0.15) is 0 Å². The predicted octanol–water partition coefficient (Wildman–Crippen LogP) is 1.24. The first-order chi connectivity index (χ1) is 7.02. The summed E-state index contributed by atoms with van der Waals surface area (Å²) in [6.45, 7) is 4.03. The molecule has 0 aromatic rings. The molecule has 84 valence electrons. The minimum atomic E-state index is -1.25. The Morgan fingerprint density at radius 2 is 2.40 bits per heavy atom. The van der Waals surface area contributed by atoms with Crippen molar-refractivity contribution in [2.75, 3.05) is 6.61 Å². The highest BCUT2D eigenvalue weighted by molar-refractivity contribution is 5.73. The lowest BCUT2D eigenvalue weighted by Gasteiger charge is -2.34. The number of hydrogen-bond donors (Lipinski definition) is 1. The number of nitriles is 1. The molecule has 3 atom stereocenters. The number of carbonyl (C=O) groups is 1. The van der Waals surface area contributed by atoms with Crippen LogP contribution in [0.4, 0.5) is 0 Å². The maximum Gasteiger partial charge on any atom is 0.309 e. The van der Waals surface area contributed by atoms with Crippen LogP contribution in [0.5, 0.6) is 0 Å². The van der Waals surface area contributed by atoms with Crippen LogP contribution in [0.2, 0.25) is 0 Å². The van der Waals surface area contributed by atoms with Gasteiger partial charge in [-0.1, -0.05) is 6.92 Å². The Balaban J connectivity index is 2.61. The maximum atomic E-state index is 11.5. The van der Waals surface area contributed by atoms with Crippen molar-refractivity contribution in [3.63, 3.8) is 0 Å². The third-order valence-corrected chi connectivity index (χ3v) is 3.01. The van der Waals surface area contributed by atoms with Crippen LogP contribution in [0.1, 0.15) is 33.1 Å². The van der Waals surface area contributed by atoms with Crippen molar-refractivity contribution in [1.82, 2.24) is 0 Å². The van der Waals surface area contributed by atoms with E-state index in [9.17, 15) is 9.90 Å². The molecule has 1 saturated carbocycles. The van der Waals surface area contributed by atoms with E-state index in [1.807, 2.05) is 13.0 Å². The molecule has 15 heavy (non-hydrogen) atoms. The molecule has 1 aliphatic rings. The predicted molar refractivity (Wildman–Crippen MR) is 53.7 cm³/mol. The van der Waals surface area contributed by atoms with Crippen molar-refractivity contribution in [3.8, 4) is 6.07 Å². The van der Waals surface area contributed by atoms with Gasteiger partial charge in [-0.05, 0) is 32.1 Å². The molecular formula is C11H17NO3. The van der Waals surface area contributed by atoms with Gasteiger partial charge in [0, 0.05) is 0 Å². The minimum Gasteiger partial charge on any atom is -0.466 e. The van der Waals surface area contributed by atoms with E-state index < -0.39 is 5.60 Å². The largest absolute Gasteiger partial charge is 0.466 e. The van der Waals surface area contributed by atoms with Crippen LogP contribution < -0.4 is 0 Å². The van der Waals surface area contributed by atoms with Gasteiger partial charge in [0.2, 0.25) is 0 Å². The fourth-order valence-electron chi connectivity index (χ4n) is 2.16. The van der Waals surface area contributed by atoms with Crippen molar-refractivity contribution in [3.05, 3.63) is 0 Å². The summed E-state index contributed by atoms with van der Waals surface area (Å²) < 4.78 is 4.95. The standard InChI is InChI=1S/C11H17NO3/c1-3-15-10(13)9-4-5-11(14,7-12)6-8(9)2/h8-9,14H,3-6H2,1-2H3. The molecular weight excluding hydrogens is 194 g/mol. The molecule has 0 aromatic heterocycles. The van der Waals surface area contributed by atoms with Gasteiger partial charge < -0.3 is 9.84 Å². The smallest absolute Gasteiger partial charge is 0.309 e. The Kier molecular flexibility index (Phi) is 3.70. The lowest BCUT2D eigenvalue weighted by Crippen LogP contribution is -2.40. The third kappa shape index (κ3) is 2.69. The second-order valence-electron chi connectivity index (χ2n) is 4.22. The monoisotopic (exact) mass is 211 g/mol. The molecule has 0 spiro atoms. The van der Waals surface area contributed by atoms with Crippen LogP contribution in [0.25, 0.3) is 0 Å². The highest BCUT2D eigenvalue weighted by Crippen LogP contribution is 2.36. The maximum absolute atomic E-state index is 11.5. The Morgan fingerprint density at radius 1 is 1.73 bits per heavy atom. The second-order valence-corrected chi connectivity index (χ2v) is 4.22. The summed E-state index contributed by atoms with van der Waals surface area (Å²) in [7, 11) is 0. The summed E-state index contributed by atoms with van der Waals surface area (Å²) in [6.07, 6.45) is 1.24. The highest BCUT2D eigenvalue weighted by Gasteiger charge is 2.41. The van der Waals surface area contributed by atoms with Gasteiger partial charge in [0.15, 0.2) is 5.60 Å². The first-order valence-electron chi connectivity index (χ1n) is 5.32. The Morgan fingerprint density at radius 3 is 2.87 bits per heavy atom. The zero-order chi connectivity index (χ0) is 11.5. The number of aliphatic hydroxyl groups is 1. The first-order valence-corrected chi connectivity index (χ1v) is 5.32. The molecule has 1 fully saturated rings. The van der Waals surface area contributed by atoms with Gasteiger partial charge in [0.05, 0.1) is 18.6 Å². The van der Waals surface area contributed by atoms with Gasteiger partial charge in [-0.2, -0.15) is 5.26 Å². The fraction of sp³-hybridized carbons (Fsp3) is 0.818. The molecule has 0 aliphatic heterocycles. The van der Waals surface area contributed by atoms with E-state index in [2.05, 4.69) is 0 Å². The molecule has 0 amide bonds. The summed E-state index contributed by atoms with van der Waals surface area (Å²) in [5.41, 5.74) is -1.25. The molecule has 1 N–H and O–H groups in total. The van der Waals surface area contributed by atoms with Crippen molar-refractivity contribution in [2.45, 2.75) is 38.7 Å². The van der Waals surface area contributed by atoms with Crippen molar-refractivity contribution in [2.24, 2.45) is 11.8 Å². The number of rotatable bonds is 2. The Bertz CT molecular complexity index is 284. The minimum absolute atomic E-state index is 0.00227. The number of hydrogen-bond acceptors (Lipinski definition) is 4. The van der Waals surface area contributed by atoms with Crippen LogP contribution in [0, 0.1) is 23.2 Å². The first kappa shape index (κ1) is 12.0. The van der Waals surface area contributed by atoms with E-state index >= 15 is 0 Å².